The molecule has 0 saturated carbocycles. The Kier molecular flexibility index (Phi) is 5.89. The van der Waals surface area contributed by atoms with Crippen LogP contribution in [0.2, 0.25) is 0 Å². The number of thiocarbonyl (C=S) groups is 1. The van der Waals surface area contributed by atoms with Crippen LogP contribution in [0.5, 0.6) is 11.5 Å². The van der Waals surface area contributed by atoms with Gasteiger partial charge in [0.05, 0.1) is 0 Å². The van der Waals surface area contributed by atoms with Crippen LogP contribution in [0.25, 0.3) is 0 Å². The van der Waals surface area contributed by atoms with Gasteiger partial charge >= 0.3 is 8.60 Å². The Morgan fingerprint density at radius 2 is 1.46 bits per heavy atom. The first kappa shape index (κ1) is 16.6. The highest BCUT2D eigenvalue weighted by Gasteiger charge is 2.19. The van der Waals surface area contributed by atoms with E-state index in [1.54, 1.807) is 5.37 Å². The molecular formula is C19H16O3PS-. The molecule has 0 unspecified atom stereocenters. The van der Waals surface area contributed by atoms with E-state index in [0.717, 1.165) is 12.0 Å². The zero-order chi connectivity index (χ0) is 16.6. The quantitative estimate of drug-likeness (QED) is 0.356. The van der Waals surface area contributed by atoms with Crippen molar-refractivity contribution in [3.05, 3.63) is 90.6 Å². The number of hydrogen-bond acceptors (Lipinski definition) is 4. The van der Waals surface area contributed by atoms with Gasteiger partial charge in [-0.3, -0.25) is 0 Å². The third-order valence-electron chi connectivity index (χ3n) is 3.17. The Labute approximate surface area is 148 Å². The molecule has 0 amide bonds. The fourth-order valence-corrected chi connectivity index (χ4v) is 3.27. The van der Waals surface area contributed by atoms with Crippen LogP contribution in [0.3, 0.4) is 0 Å². The lowest BCUT2D eigenvalue weighted by atomic mass is 10.1. The van der Waals surface area contributed by atoms with Crippen molar-refractivity contribution in [2.75, 3.05) is 0 Å². The minimum absolute atomic E-state index is 0.661. The standard InChI is InChI=1S/C19H16O3PS/c24-15-16-9-7-8-14-19(16)22-23(20-17-10-3-1-4-11-17)21-18-12-5-2-6-13-18/h1-6,8-15H,7H2/q-1. The molecule has 0 spiro atoms. The molecule has 0 aromatic heterocycles. The Morgan fingerprint density at radius 1 is 0.875 bits per heavy atom. The maximum absolute atomic E-state index is 5.99. The van der Waals surface area contributed by atoms with Crippen LogP contribution in [-0.2, 0) is 4.52 Å². The van der Waals surface area contributed by atoms with E-state index in [9.17, 15) is 0 Å². The van der Waals surface area contributed by atoms with Crippen molar-refractivity contribution in [2.24, 2.45) is 0 Å². The van der Waals surface area contributed by atoms with E-state index < -0.39 is 8.60 Å². The van der Waals surface area contributed by atoms with Gasteiger partial charge in [0.15, 0.2) is 0 Å². The van der Waals surface area contributed by atoms with Gasteiger partial charge in [-0.2, -0.15) is 18.6 Å². The number of benzene rings is 2. The Hall–Kier alpha value is -2.29. The largest absolute Gasteiger partial charge is 0.517 e. The summed E-state index contributed by atoms with van der Waals surface area (Å²) in [7, 11) is -1.66. The average Bonchev–Trinajstić information content (AvgIpc) is 2.64. The first-order chi connectivity index (χ1) is 11.8. The third kappa shape index (κ3) is 4.60. The molecule has 3 nitrogen and oxygen atoms in total. The van der Waals surface area contributed by atoms with Crippen LogP contribution in [0.4, 0.5) is 0 Å². The van der Waals surface area contributed by atoms with E-state index in [0.29, 0.717) is 17.3 Å². The molecule has 2 aromatic rings. The molecule has 0 aliphatic heterocycles. The first-order valence-electron chi connectivity index (χ1n) is 7.48. The van der Waals surface area contributed by atoms with Gasteiger partial charge in [-0.15, -0.1) is 11.6 Å². The molecule has 24 heavy (non-hydrogen) atoms. The summed E-state index contributed by atoms with van der Waals surface area (Å²) in [5, 5.41) is 1.61. The van der Waals surface area contributed by atoms with Crippen LogP contribution in [-0.4, -0.2) is 5.37 Å². The predicted molar refractivity (Wildman–Crippen MR) is 101 cm³/mol. The number of rotatable bonds is 7. The van der Waals surface area contributed by atoms with Crippen LogP contribution in [0.1, 0.15) is 6.42 Å². The molecule has 3 rings (SSSR count). The van der Waals surface area contributed by atoms with Crippen molar-refractivity contribution in [3.63, 3.8) is 0 Å². The summed E-state index contributed by atoms with van der Waals surface area (Å²) in [4.78, 5) is 0. The second-order valence-corrected chi connectivity index (χ2v) is 6.13. The van der Waals surface area contributed by atoms with Crippen molar-refractivity contribution in [1.29, 1.82) is 0 Å². The normalized spacial score (nSPS) is 13.4. The lowest BCUT2D eigenvalue weighted by Crippen LogP contribution is -2.04. The monoisotopic (exact) mass is 355 g/mol. The molecule has 0 atom stereocenters. The highest BCUT2D eigenvalue weighted by atomic mass is 32.1. The lowest BCUT2D eigenvalue weighted by Gasteiger charge is -2.25. The van der Waals surface area contributed by atoms with Crippen molar-refractivity contribution in [2.45, 2.75) is 6.42 Å². The molecule has 1 aliphatic rings. The van der Waals surface area contributed by atoms with Gasteiger partial charge in [-0.1, -0.05) is 54.3 Å². The Bertz CT molecular complexity index is 687. The van der Waals surface area contributed by atoms with E-state index in [-0.39, 0.29) is 0 Å². The van der Waals surface area contributed by atoms with E-state index >= 15 is 0 Å². The second-order valence-electron chi connectivity index (χ2n) is 4.90. The molecule has 0 fully saturated rings. The molecule has 0 saturated heterocycles. The molecule has 5 heteroatoms. The van der Waals surface area contributed by atoms with Gasteiger partial charge in [-0.05, 0) is 24.3 Å². The van der Waals surface area contributed by atoms with Gasteiger partial charge < -0.3 is 13.6 Å². The van der Waals surface area contributed by atoms with Gasteiger partial charge in [-0.25, -0.2) is 0 Å². The predicted octanol–water partition coefficient (Wildman–Crippen LogP) is 5.81. The molecule has 122 valence electrons. The van der Waals surface area contributed by atoms with E-state index in [1.165, 1.54) is 0 Å². The van der Waals surface area contributed by atoms with Crippen LogP contribution in [0.15, 0.2) is 84.1 Å². The summed E-state index contributed by atoms with van der Waals surface area (Å²) in [6.07, 6.45) is 6.76. The third-order valence-corrected chi connectivity index (χ3v) is 4.49. The smallest absolute Gasteiger partial charge is 0.472 e. The molecule has 0 bridgehead atoms. The fraction of sp³-hybridized carbons (Fsp3) is 0.0526. The van der Waals surface area contributed by atoms with Crippen LogP contribution in [0, 0.1) is 6.42 Å². The summed E-state index contributed by atoms with van der Waals surface area (Å²) in [6, 6.07) is 18.9. The molecule has 0 heterocycles. The Balaban J connectivity index is 1.80. The summed E-state index contributed by atoms with van der Waals surface area (Å²) in [5.74, 6) is 2.04. The van der Waals surface area contributed by atoms with Crippen LogP contribution >= 0.6 is 20.8 Å². The number of para-hydroxylation sites is 2. The summed E-state index contributed by atoms with van der Waals surface area (Å²) in [6.45, 7) is 0. The molecule has 0 radical (unpaired) electrons. The van der Waals surface area contributed by atoms with Gasteiger partial charge in [0.25, 0.3) is 0 Å². The Morgan fingerprint density at radius 3 is 2.00 bits per heavy atom. The summed E-state index contributed by atoms with van der Waals surface area (Å²) >= 11 is 5.06. The second kappa shape index (κ2) is 8.53. The van der Waals surface area contributed by atoms with Crippen molar-refractivity contribution < 1.29 is 13.6 Å². The minimum atomic E-state index is -1.66. The van der Waals surface area contributed by atoms with Crippen molar-refractivity contribution in [1.82, 2.24) is 0 Å². The first-order valence-corrected chi connectivity index (χ1v) is 9.05. The van der Waals surface area contributed by atoms with E-state index in [2.05, 4.69) is 0 Å². The van der Waals surface area contributed by atoms with Gasteiger partial charge in [0, 0.05) is 5.76 Å². The van der Waals surface area contributed by atoms with Crippen molar-refractivity contribution in [3.8, 4) is 11.5 Å². The van der Waals surface area contributed by atoms with Gasteiger partial charge in [0.1, 0.15) is 11.5 Å². The fourth-order valence-electron chi connectivity index (χ4n) is 2.03. The topological polar surface area (TPSA) is 27.7 Å². The number of allylic oxidation sites excluding steroid dienone is 3. The van der Waals surface area contributed by atoms with E-state index in [1.807, 2.05) is 79.2 Å². The average molecular weight is 355 g/mol. The zero-order valence-electron chi connectivity index (χ0n) is 12.9. The summed E-state index contributed by atoms with van der Waals surface area (Å²) < 4.78 is 17.8. The maximum atomic E-state index is 5.99. The minimum Gasteiger partial charge on any atom is -0.472 e. The SMILES string of the molecule is S=CC1=C(OP(Oc2ccccc2)Oc2ccccc2)C=CC[CH-]1. The number of hydrogen-bond donors (Lipinski definition) is 0. The maximum Gasteiger partial charge on any atom is 0.517 e. The lowest BCUT2D eigenvalue weighted by molar-refractivity contribution is 0.338. The highest BCUT2D eigenvalue weighted by Crippen LogP contribution is 2.44. The van der Waals surface area contributed by atoms with Crippen LogP contribution < -0.4 is 9.05 Å². The highest BCUT2D eigenvalue weighted by molar-refractivity contribution is 7.79. The van der Waals surface area contributed by atoms with E-state index in [4.69, 9.17) is 25.8 Å². The van der Waals surface area contributed by atoms with Crippen molar-refractivity contribution >= 4 is 26.2 Å². The molecule has 2 aromatic carbocycles. The zero-order valence-corrected chi connectivity index (χ0v) is 14.6. The molecule has 1 aliphatic carbocycles. The molecular weight excluding hydrogens is 339 g/mol. The summed E-state index contributed by atoms with van der Waals surface area (Å²) in [5.41, 5.74) is 0.869. The van der Waals surface area contributed by atoms with Gasteiger partial charge in [0.2, 0.25) is 0 Å². The molecule has 0 N–H and O–H groups in total.